The number of hydrogen-bond donors (Lipinski definition) is 4. The molecule has 0 saturated heterocycles. The molecule has 32 heavy (non-hydrogen) atoms. The molecule has 1 unspecified atom stereocenters. The van der Waals surface area contributed by atoms with Gasteiger partial charge in [-0.2, -0.15) is 4.98 Å². The van der Waals surface area contributed by atoms with Crippen LogP contribution in [0, 0.1) is 0 Å². The number of esters is 1. The molecule has 168 valence electrons. The van der Waals surface area contributed by atoms with E-state index in [4.69, 9.17) is 16.3 Å². The number of nitrogens with one attached hydrogen (secondary N) is 2. The molecule has 2 atom stereocenters. The van der Waals surface area contributed by atoms with Crippen LogP contribution in [0.4, 0.5) is 17.5 Å². The Morgan fingerprint density at radius 3 is 2.62 bits per heavy atom. The van der Waals surface area contributed by atoms with Crippen molar-refractivity contribution in [1.82, 2.24) is 9.97 Å². The highest BCUT2D eigenvalue weighted by molar-refractivity contribution is 7.79. The van der Waals surface area contributed by atoms with Gasteiger partial charge in [-0.05, 0) is 30.7 Å². The third-order valence-electron chi connectivity index (χ3n) is 4.36. The van der Waals surface area contributed by atoms with E-state index in [1.165, 1.54) is 18.3 Å². The van der Waals surface area contributed by atoms with Crippen molar-refractivity contribution in [3.05, 3.63) is 70.9 Å². The lowest BCUT2D eigenvalue weighted by Crippen LogP contribution is -2.19. The number of aliphatic hydroxyl groups is 1. The third kappa shape index (κ3) is 5.80. The fourth-order valence-corrected chi connectivity index (χ4v) is 3.63. The maximum absolute atomic E-state index is 12.4. The Labute approximate surface area is 192 Å². The summed E-state index contributed by atoms with van der Waals surface area (Å²) in [5.41, 5.74) is 1.38. The second kappa shape index (κ2) is 11.0. The maximum atomic E-state index is 12.4. The molecule has 0 aliphatic rings. The van der Waals surface area contributed by atoms with Crippen molar-refractivity contribution in [2.24, 2.45) is 0 Å². The molecule has 0 spiro atoms. The average molecular weight is 477 g/mol. The van der Waals surface area contributed by atoms with E-state index in [9.17, 15) is 18.7 Å². The monoisotopic (exact) mass is 476 g/mol. The highest BCUT2D eigenvalue weighted by Gasteiger charge is 2.20. The van der Waals surface area contributed by atoms with Crippen molar-refractivity contribution in [2.75, 3.05) is 23.8 Å². The Morgan fingerprint density at radius 2 is 2.00 bits per heavy atom. The number of ether oxygens (including phenoxy) is 1. The Morgan fingerprint density at radius 1 is 1.25 bits per heavy atom. The molecular formula is C21H21ClN4O5S. The highest BCUT2D eigenvalue weighted by Crippen LogP contribution is 2.26. The normalized spacial score (nSPS) is 12.6. The predicted octanol–water partition coefficient (Wildman–Crippen LogP) is 3.78. The minimum Gasteiger partial charge on any atom is -0.462 e. The number of halogens is 1. The first-order valence-corrected chi connectivity index (χ1v) is 11.0. The Balaban J connectivity index is 1.93. The van der Waals surface area contributed by atoms with E-state index in [1.807, 2.05) is 30.3 Å². The van der Waals surface area contributed by atoms with Gasteiger partial charge in [0, 0.05) is 11.9 Å². The smallest absolute Gasteiger partial charge is 0.343 e. The third-order valence-corrected chi connectivity index (χ3v) is 5.51. The molecule has 3 aromatic rings. The summed E-state index contributed by atoms with van der Waals surface area (Å²) in [5, 5.41) is 16.0. The Bertz CT molecular complexity index is 1120. The van der Waals surface area contributed by atoms with Gasteiger partial charge in [-0.25, -0.2) is 14.0 Å². The van der Waals surface area contributed by atoms with Crippen LogP contribution in [-0.2, 0) is 15.8 Å². The van der Waals surface area contributed by atoms with Crippen molar-refractivity contribution in [1.29, 1.82) is 0 Å². The first-order chi connectivity index (χ1) is 15.4. The first kappa shape index (κ1) is 23.6. The average Bonchev–Trinajstić information content (AvgIpc) is 2.78. The first-order valence-electron chi connectivity index (χ1n) is 9.56. The second-order valence-electron chi connectivity index (χ2n) is 6.49. The fraction of sp³-hybridized carbons (Fsp3) is 0.190. The van der Waals surface area contributed by atoms with Crippen LogP contribution in [0.3, 0.4) is 0 Å². The lowest BCUT2D eigenvalue weighted by Gasteiger charge is -2.19. The number of hydrogen-bond acceptors (Lipinski definition) is 8. The molecule has 0 saturated carbocycles. The Kier molecular flexibility index (Phi) is 8.12. The molecule has 3 rings (SSSR count). The van der Waals surface area contributed by atoms with E-state index >= 15 is 0 Å². The van der Waals surface area contributed by atoms with Crippen LogP contribution in [0.1, 0.15) is 28.9 Å². The van der Waals surface area contributed by atoms with E-state index in [0.717, 1.165) is 5.56 Å². The zero-order valence-electron chi connectivity index (χ0n) is 17.0. The SMILES string of the molecule is CCOC(=O)c1cnc(Nc2ccc(S(=O)O)c(Cl)c2)nc1N[C@H](CO)c1ccccc1. The van der Waals surface area contributed by atoms with Crippen molar-refractivity contribution >= 4 is 46.1 Å². The van der Waals surface area contributed by atoms with Gasteiger partial charge in [0.1, 0.15) is 11.4 Å². The number of aliphatic hydroxyl groups excluding tert-OH is 1. The van der Waals surface area contributed by atoms with Gasteiger partial charge in [0.15, 0.2) is 11.1 Å². The zero-order valence-corrected chi connectivity index (χ0v) is 18.6. The van der Waals surface area contributed by atoms with Gasteiger partial charge in [-0.3, -0.25) is 0 Å². The molecule has 1 heterocycles. The molecule has 0 bridgehead atoms. The molecule has 4 N–H and O–H groups in total. The molecule has 0 radical (unpaired) electrons. The van der Waals surface area contributed by atoms with Gasteiger partial charge in [-0.15, -0.1) is 0 Å². The summed E-state index contributed by atoms with van der Waals surface area (Å²) in [6.07, 6.45) is 1.31. The number of anilines is 3. The summed E-state index contributed by atoms with van der Waals surface area (Å²) in [5.74, 6) is -0.300. The predicted molar refractivity (Wildman–Crippen MR) is 122 cm³/mol. The van der Waals surface area contributed by atoms with Crippen LogP contribution >= 0.6 is 11.6 Å². The van der Waals surface area contributed by atoms with Crippen molar-refractivity contribution in [3.63, 3.8) is 0 Å². The van der Waals surface area contributed by atoms with Gasteiger partial charge < -0.3 is 25.0 Å². The Hall–Kier alpha value is -3.05. The topological polar surface area (TPSA) is 134 Å². The van der Waals surface area contributed by atoms with E-state index < -0.39 is 23.1 Å². The molecule has 0 aliphatic heterocycles. The molecule has 2 aromatic carbocycles. The zero-order chi connectivity index (χ0) is 23.1. The van der Waals surface area contributed by atoms with E-state index in [2.05, 4.69) is 20.6 Å². The second-order valence-corrected chi connectivity index (χ2v) is 7.83. The minimum atomic E-state index is -2.21. The van der Waals surface area contributed by atoms with Crippen LogP contribution in [0.5, 0.6) is 0 Å². The summed E-state index contributed by atoms with van der Waals surface area (Å²) in [6, 6.07) is 13.1. The largest absolute Gasteiger partial charge is 0.462 e. The van der Waals surface area contributed by atoms with E-state index in [-0.39, 0.29) is 40.5 Å². The summed E-state index contributed by atoms with van der Waals surface area (Å²) >= 11 is 3.83. The van der Waals surface area contributed by atoms with Crippen molar-refractivity contribution in [2.45, 2.75) is 17.9 Å². The lowest BCUT2D eigenvalue weighted by molar-refractivity contribution is 0.0526. The maximum Gasteiger partial charge on any atom is 0.343 e. The minimum absolute atomic E-state index is 0.0757. The van der Waals surface area contributed by atoms with Crippen molar-refractivity contribution in [3.8, 4) is 0 Å². The van der Waals surface area contributed by atoms with Crippen molar-refractivity contribution < 1.29 is 23.4 Å². The van der Waals surface area contributed by atoms with Crippen LogP contribution in [0.25, 0.3) is 0 Å². The van der Waals surface area contributed by atoms with Crippen LogP contribution in [0.2, 0.25) is 5.02 Å². The van der Waals surface area contributed by atoms with Gasteiger partial charge in [0.25, 0.3) is 0 Å². The molecule has 9 nitrogen and oxygen atoms in total. The standard InChI is InChI=1S/C21H21ClN4O5S/c1-2-31-20(28)15-11-23-21(24-14-8-9-18(32(29)30)16(22)10-14)26-19(15)25-17(12-27)13-6-4-3-5-7-13/h3-11,17,27H,2,12H2,1H3,(H,29,30)(H2,23,24,25,26)/t17-/m1/s1. The molecule has 0 amide bonds. The number of benzene rings is 2. The van der Waals surface area contributed by atoms with Gasteiger partial charge in [0.05, 0.1) is 29.2 Å². The number of carbonyl (C=O) groups excluding carboxylic acids is 1. The van der Waals surface area contributed by atoms with Gasteiger partial charge >= 0.3 is 5.97 Å². The van der Waals surface area contributed by atoms with Crippen LogP contribution < -0.4 is 10.6 Å². The molecule has 0 fully saturated rings. The number of rotatable bonds is 9. The highest BCUT2D eigenvalue weighted by atomic mass is 35.5. The van der Waals surface area contributed by atoms with Crippen LogP contribution in [0.15, 0.2) is 59.6 Å². The van der Waals surface area contributed by atoms with E-state index in [0.29, 0.717) is 5.69 Å². The van der Waals surface area contributed by atoms with E-state index in [1.54, 1.807) is 13.0 Å². The summed E-state index contributed by atoms with van der Waals surface area (Å²) in [6.45, 7) is 1.63. The number of aromatic nitrogens is 2. The molecular weight excluding hydrogens is 456 g/mol. The molecule has 0 aliphatic carbocycles. The van der Waals surface area contributed by atoms with Gasteiger partial charge in [0.2, 0.25) is 5.95 Å². The molecule has 11 heteroatoms. The van der Waals surface area contributed by atoms with Crippen LogP contribution in [-0.4, -0.2) is 43.0 Å². The quantitative estimate of drug-likeness (QED) is 0.269. The van der Waals surface area contributed by atoms with Gasteiger partial charge in [-0.1, -0.05) is 41.9 Å². The molecule has 1 aromatic heterocycles. The number of carbonyl (C=O) groups is 1. The lowest BCUT2D eigenvalue weighted by atomic mass is 10.1. The number of nitrogens with zero attached hydrogens (tertiary/aromatic N) is 2. The summed E-state index contributed by atoms with van der Waals surface area (Å²) < 4.78 is 25.6. The summed E-state index contributed by atoms with van der Waals surface area (Å²) in [7, 11) is 0. The fourth-order valence-electron chi connectivity index (χ4n) is 2.84. The summed E-state index contributed by atoms with van der Waals surface area (Å²) in [4.78, 5) is 21.0.